The molecule has 0 unspecified atom stereocenters. The highest BCUT2D eigenvalue weighted by atomic mass is 16.5. The van der Waals surface area contributed by atoms with Crippen molar-refractivity contribution in [2.45, 2.75) is 18.9 Å². The predicted octanol–water partition coefficient (Wildman–Crippen LogP) is 1.50. The van der Waals surface area contributed by atoms with Gasteiger partial charge in [0.2, 0.25) is 0 Å². The number of nitrogens with one attached hydrogen (secondary N) is 1. The molecule has 1 N–H and O–H groups in total. The molecule has 2 amide bonds. The second-order valence-corrected chi connectivity index (χ2v) is 6.52. The average molecular weight is 383 g/mol. The van der Waals surface area contributed by atoms with Crippen LogP contribution in [-0.2, 0) is 11.2 Å². The van der Waals surface area contributed by atoms with Gasteiger partial charge in [-0.2, -0.15) is 0 Å². The number of amides is 2. The second kappa shape index (κ2) is 8.65. The zero-order chi connectivity index (χ0) is 20.1. The third-order valence-corrected chi connectivity index (χ3v) is 4.86. The highest BCUT2D eigenvalue weighted by Crippen LogP contribution is 2.40. The van der Waals surface area contributed by atoms with Crippen LogP contribution in [0.4, 0.5) is 4.79 Å². The van der Waals surface area contributed by atoms with Gasteiger partial charge in [-0.1, -0.05) is 30.3 Å². The summed E-state index contributed by atoms with van der Waals surface area (Å²) >= 11 is 0. The summed E-state index contributed by atoms with van der Waals surface area (Å²) in [5.74, 6) is 0.0574. The number of carbonyl (C=O) groups is 2. The van der Waals surface area contributed by atoms with Crippen LogP contribution >= 0.6 is 0 Å². The van der Waals surface area contributed by atoms with Gasteiger partial charge in [0, 0.05) is 25.5 Å². The standard InChI is InChI=1S/C21H24N2O5/c1-27-17-12-15-9-11-23(21(26)22-10-8-19(24)25)20(14-6-4-3-5-7-14)16(15)13-18(17)28-2/h3-7,12-13,20H,8-11H2,1-2H3,(H,22,26)(H,24,25)/p-1/t20-/m1/s1. The van der Waals surface area contributed by atoms with Crippen LogP contribution < -0.4 is 19.9 Å². The van der Waals surface area contributed by atoms with E-state index in [1.54, 1.807) is 19.1 Å². The highest BCUT2D eigenvalue weighted by Gasteiger charge is 2.33. The zero-order valence-electron chi connectivity index (χ0n) is 15.9. The normalized spacial score (nSPS) is 15.5. The van der Waals surface area contributed by atoms with Crippen molar-refractivity contribution >= 4 is 12.0 Å². The molecule has 0 saturated carbocycles. The van der Waals surface area contributed by atoms with Gasteiger partial charge in [-0.25, -0.2) is 4.79 Å². The van der Waals surface area contributed by atoms with Gasteiger partial charge in [0.1, 0.15) is 0 Å². The smallest absolute Gasteiger partial charge is 0.318 e. The molecule has 7 heteroatoms. The molecule has 1 aliphatic heterocycles. The number of carboxylic acids is 1. The molecule has 0 spiro atoms. The van der Waals surface area contributed by atoms with Crippen LogP contribution in [0.15, 0.2) is 42.5 Å². The first-order valence-electron chi connectivity index (χ1n) is 9.09. The van der Waals surface area contributed by atoms with Crippen molar-refractivity contribution in [1.82, 2.24) is 10.2 Å². The first-order chi connectivity index (χ1) is 13.5. The van der Waals surface area contributed by atoms with Crippen molar-refractivity contribution in [1.29, 1.82) is 0 Å². The first-order valence-corrected chi connectivity index (χ1v) is 9.09. The molecule has 0 aliphatic carbocycles. The van der Waals surface area contributed by atoms with Gasteiger partial charge < -0.3 is 29.6 Å². The SMILES string of the molecule is COc1cc2c(cc1OC)[C@@H](c1ccccc1)N(C(=O)NCCC(=O)[O-])CC2. The minimum absolute atomic E-state index is 0.0258. The number of rotatable bonds is 6. The van der Waals surface area contributed by atoms with Crippen molar-refractivity contribution in [3.63, 3.8) is 0 Å². The number of nitrogens with zero attached hydrogens (tertiary/aromatic N) is 1. The highest BCUT2D eigenvalue weighted by molar-refractivity contribution is 5.77. The fourth-order valence-electron chi connectivity index (χ4n) is 3.53. The molecule has 3 rings (SSSR count). The van der Waals surface area contributed by atoms with Crippen LogP contribution in [0.5, 0.6) is 11.5 Å². The molecule has 0 aromatic heterocycles. The molecule has 7 nitrogen and oxygen atoms in total. The summed E-state index contributed by atoms with van der Waals surface area (Å²) in [5, 5.41) is 13.3. The summed E-state index contributed by atoms with van der Waals surface area (Å²) in [6.07, 6.45) is 0.435. The summed E-state index contributed by atoms with van der Waals surface area (Å²) in [6, 6.07) is 13.0. The second-order valence-electron chi connectivity index (χ2n) is 6.52. The monoisotopic (exact) mass is 383 g/mol. The van der Waals surface area contributed by atoms with E-state index < -0.39 is 5.97 Å². The van der Waals surface area contributed by atoms with E-state index in [4.69, 9.17) is 9.47 Å². The average Bonchev–Trinajstić information content (AvgIpc) is 2.72. The van der Waals surface area contributed by atoms with Crippen molar-refractivity contribution in [3.05, 3.63) is 59.2 Å². The number of fused-ring (bicyclic) bond motifs is 1. The number of ether oxygens (including phenoxy) is 2. The number of aliphatic carboxylic acids is 1. The van der Waals surface area contributed by atoms with E-state index in [1.807, 2.05) is 42.5 Å². The fraction of sp³-hybridized carbons (Fsp3) is 0.333. The fourth-order valence-corrected chi connectivity index (χ4v) is 3.53. The number of benzene rings is 2. The van der Waals surface area contributed by atoms with Crippen LogP contribution in [0.1, 0.15) is 29.2 Å². The molecule has 0 bridgehead atoms. The summed E-state index contributed by atoms with van der Waals surface area (Å²) in [5.41, 5.74) is 3.01. The Morgan fingerprint density at radius 2 is 1.82 bits per heavy atom. The molecular weight excluding hydrogens is 360 g/mol. The summed E-state index contributed by atoms with van der Waals surface area (Å²) in [6.45, 7) is 0.525. The molecule has 148 valence electrons. The zero-order valence-corrected chi connectivity index (χ0v) is 15.9. The maximum absolute atomic E-state index is 12.8. The first kappa shape index (κ1) is 19.5. The maximum atomic E-state index is 12.8. The number of hydrogen-bond acceptors (Lipinski definition) is 5. The largest absolute Gasteiger partial charge is 0.550 e. The van der Waals surface area contributed by atoms with Crippen molar-refractivity contribution < 1.29 is 24.2 Å². The van der Waals surface area contributed by atoms with Crippen molar-refractivity contribution in [2.75, 3.05) is 27.3 Å². The van der Waals surface area contributed by atoms with Crippen LogP contribution in [0.2, 0.25) is 0 Å². The molecule has 0 saturated heterocycles. The Hall–Kier alpha value is -3.22. The quantitative estimate of drug-likeness (QED) is 0.816. The minimum atomic E-state index is -1.19. The molecule has 1 atom stereocenters. The Kier molecular flexibility index (Phi) is 6.03. The van der Waals surface area contributed by atoms with E-state index in [0.717, 1.165) is 16.7 Å². The van der Waals surface area contributed by atoms with Gasteiger partial charge in [-0.05, 0) is 35.2 Å². The number of carbonyl (C=O) groups excluding carboxylic acids is 2. The van der Waals surface area contributed by atoms with E-state index in [1.165, 1.54) is 0 Å². The van der Waals surface area contributed by atoms with Crippen LogP contribution in [0, 0.1) is 0 Å². The Balaban J connectivity index is 1.99. The van der Waals surface area contributed by atoms with Crippen molar-refractivity contribution in [2.24, 2.45) is 0 Å². The van der Waals surface area contributed by atoms with Crippen LogP contribution in [-0.4, -0.2) is 44.2 Å². The molecule has 1 heterocycles. The predicted molar refractivity (Wildman–Crippen MR) is 101 cm³/mol. The molecule has 0 radical (unpaired) electrons. The molecule has 1 aliphatic rings. The van der Waals surface area contributed by atoms with Gasteiger partial charge in [0.25, 0.3) is 0 Å². The molecule has 2 aromatic carbocycles. The number of urea groups is 1. The molecule has 28 heavy (non-hydrogen) atoms. The van der Waals surface area contributed by atoms with Gasteiger partial charge in [-0.15, -0.1) is 0 Å². The van der Waals surface area contributed by atoms with E-state index in [-0.39, 0.29) is 25.0 Å². The summed E-state index contributed by atoms with van der Waals surface area (Å²) in [4.78, 5) is 25.2. The lowest BCUT2D eigenvalue weighted by Crippen LogP contribution is -2.46. The Labute approximate surface area is 163 Å². The Morgan fingerprint density at radius 1 is 1.14 bits per heavy atom. The summed E-state index contributed by atoms with van der Waals surface area (Å²) in [7, 11) is 3.17. The van der Waals surface area contributed by atoms with E-state index in [9.17, 15) is 14.7 Å². The lowest BCUT2D eigenvalue weighted by Gasteiger charge is -2.38. The van der Waals surface area contributed by atoms with Crippen LogP contribution in [0.3, 0.4) is 0 Å². The topological polar surface area (TPSA) is 90.9 Å². The van der Waals surface area contributed by atoms with Crippen molar-refractivity contribution in [3.8, 4) is 11.5 Å². The Bertz CT molecular complexity index is 853. The van der Waals surface area contributed by atoms with Gasteiger partial charge in [-0.3, -0.25) is 0 Å². The Morgan fingerprint density at radius 3 is 2.46 bits per heavy atom. The number of methoxy groups -OCH3 is 2. The van der Waals surface area contributed by atoms with Crippen LogP contribution in [0.25, 0.3) is 0 Å². The number of hydrogen-bond donors (Lipinski definition) is 1. The van der Waals surface area contributed by atoms with Gasteiger partial charge in [0.15, 0.2) is 11.5 Å². The maximum Gasteiger partial charge on any atom is 0.318 e. The van der Waals surface area contributed by atoms with E-state index >= 15 is 0 Å². The third kappa shape index (κ3) is 4.03. The van der Waals surface area contributed by atoms with E-state index in [2.05, 4.69) is 5.32 Å². The van der Waals surface area contributed by atoms with E-state index in [0.29, 0.717) is 24.5 Å². The van der Waals surface area contributed by atoms with Gasteiger partial charge >= 0.3 is 6.03 Å². The lowest BCUT2D eigenvalue weighted by molar-refractivity contribution is -0.305. The number of carboxylic acid groups (broad SMARTS) is 1. The molecule has 0 fully saturated rings. The third-order valence-electron chi connectivity index (χ3n) is 4.86. The van der Waals surface area contributed by atoms with Gasteiger partial charge in [0.05, 0.1) is 20.3 Å². The molecular formula is C21H23N2O5-. The summed E-state index contributed by atoms with van der Waals surface area (Å²) < 4.78 is 10.9. The lowest BCUT2D eigenvalue weighted by atomic mass is 9.88. The molecule has 2 aromatic rings. The minimum Gasteiger partial charge on any atom is -0.550 e.